The number of hydrogen-bond acceptors (Lipinski definition) is 3. The fourth-order valence-electron chi connectivity index (χ4n) is 2.09. The van der Waals surface area contributed by atoms with Crippen molar-refractivity contribution in [2.45, 2.75) is 25.9 Å². The number of benzene rings is 1. The van der Waals surface area contributed by atoms with Crippen molar-refractivity contribution in [3.8, 4) is 0 Å². The summed E-state index contributed by atoms with van der Waals surface area (Å²) in [4.78, 5) is 0. The van der Waals surface area contributed by atoms with Gasteiger partial charge >= 0.3 is 0 Å². The molecule has 1 heterocycles. The highest BCUT2D eigenvalue weighted by molar-refractivity contribution is 9.10. The van der Waals surface area contributed by atoms with E-state index in [9.17, 15) is 8.78 Å². The molecule has 0 aliphatic heterocycles. The molecule has 20 heavy (non-hydrogen) atoms. The average molecular weight is 345 g/mol. The van der Waals surface area contributed by atoms with E-state index in [1.54, 1.807) is 10.9 Å². The van der Waals surface area contributed by atoms with E-state index >= 15 is 0 Å². The van der Waals surface area contributed by atoms with E-state index in [0.717, 1.165) is 6.07 Å². The molecule has 3 N–H and O–H groups in total. The van der Waals surface area contributed by atoms with Crippen LogP contribution in [0.2, 0.25) is 0 Å². The molecule has 0 radical (unpaired) electrons. The van der Waals surface area contributed by atoms with Gasteiger partial charge in [-0.2, -0.15) is 5.10 Å². The number of hydrogen-bond donors (Lipinski definition) is 2. The second kappa shape index (κ2) is 5.99. The maximum Gasteiger partial charge on any atom is 0.164 e. The van der Waals surface area contributed by atoms with Crippen LogP contribution < -0.4 is 11.3 Å². The molecule has 1 atom stereocenters. The van der Waals surface area contributed by atoms with Gasteiger partial charge in [-0.1, -0.05) is 12.1 Å². The number of hydrazine groups is 1. The van der Waals surface area contributed by atoms with Gasteiger partial charge in [0.1, 0.15) is 0 Å². The second-order valence-electron chi connectivity index (χ2n) is 4.66. The summed E-state index contributed by atoms with van der Waals surface area (Å²) in [6.45, 7) is 3.89. The molecule has 0 aliphatic carbocycles. The smallest absolute Gasteiger partial charge is 0.164 e. The van der Waals surface area contributed by atoms with Gasteiger partial charge in [0.2, 0.25) is 0 Å². The standard InChI is InChI=1S/C13H15BrF2N4/c1-7(2)20-13(9(14)6-18-20)12(19-17)8-4-3-5-10(15)11(8)16/h3-7,12,19H,17H2,1-2H3. The molecule has 4 nitrogen and oxygen atoms in total. The summed E-state index contributed by atoms with van der Waals surface area (Å²) in [5.74, 6) is 3.73. The largest absolute Gasteiger partial charge is 0.271 e. The van der Waals surface area contributed by atoms with E-state index in [1.165, 1.54) is 12.1 Å². The van der Waals surface area contributed by atoms with Crippen molar-refractivity contribution in [1.82, 2.24) is 15.2 Å². The van der Waals surface area contributed by atoms with Crippen molar-refractivity contribution in [2.75, 3.05) is 0 Å². The van der Waals surface area contributed by atoms with Crippen molar-refractivity contribution < 1.29 is 8.78 Å². The van der Waals surface area contributed by atoms with Crippen LogP contribution in [0.5, 0.6) is 0 Å². The molecule has 0 fully saturated rings. The first-order valence-electron chi connectivity index (χ1n) is 6.10. The topological polar surface area (TPSA) is 55.9 Å². The number of nitrogens with two attached hydrogens (primary N) is 1. The Balaban J connectivity index is 2.58. The molecule has 1 aromatic heterocycles. The van der Waals surface area contributed by atoms with E-state index in [-0.39, 0.29) is 11.6 Å². The third-order valence-electron chi connectivity index (χ3n) is 3.01. The number of rotatable bonds is 4. The Hall–Kier alpha value is -1.31. The van der Waals surface area contributed by atoms with E-state index in [2.05, 4.69) is 26.5 Å². The van der Waals surface area contributed by atoms with Crippen LogP contribution >= 0.6 is 15.9 Å². The molecule has 108 valence electrons. The maximum atomic E-state index is 14.0. The second-order valence-corrected chi connectivity index (χ2v) is 5.51. The highest BCUT2D eigenvalue weighted by Crippen LogP contribution is 2.31. The van der Waals surface area contributed by atoms with Crippen molar-refractivity contribution >= 4 is 15.9 Å². The van der Waals surface area contributed by atoms with Gasteiger partial charge < -0.3 is 0 Å². The van der Waals surface area contributed by atoms with Crippen LogP contribution in [0.1, 0.15) is 37.2 Å². The number of aromatic nitrogens is 2. The molecular formula is C13H15BrF2N4. The summed E-state index contributed by atoms with van der Waals surface area (Å²) < 4.78 is 29.8. The lowest BCUT2D eigenvalue weighted by atomic mass is 10.0. The summed E-state index contributed by atoms with van der Waals surface area (Å²) in [7, 11) is 0. The molecule has 0 bridgehead atoms. The highest BCUT2D eigenvalue weighted by atomic mass is 79.9. The Morgan fingerprint density at radius 3 is 2.65 bits per heavy atom. The van der Waals surface area contributed by atoms with Crippen molar-refractivity contribution in [3.63, 3.8) is 0 Å². The van der Waals surface area contributed by atoms with Crippen molar-refractivity contribution in [2.24, 2.45) is 5.84 Å². The maximum absolute atomic E-state index is 14.0. The molecular weight excluding hydrogens is 330 g/mol. The first-order valence-corrected chi connectivity index (χ1v) is 6.89. The van der Waals surface area contributed by atoms with Gasteiger partial charge in [-0.15, -0.1) is 0 Å². The van der Waals surface area contributed by atoms with Crippen LogP contribution in [-0.2, 0) is 0 Å². The predicted molar refractivity (Wildman–Crippen MR) is 75.8 cm³/mol. The van der Waals surface area contributed by atoms with Crippen molar-refractivity contribution in [1.29, 1.82) is 0 Å². The van der Waals surface area contributed by atoms with E-state index in [4.69, 9.17) is 5.84 Å². The van der Waals surface area contributed by atoms with Gasteiger partial charge in [-0.3, -0.25) is 10.5 Å². The normalized spacial score (nSPS) is 12.9. The lowest BCUT2D eigenvalue weighted by Crippen LogP contribution is -2.32. The lowest BCUT2D eigenvalue weighted by molar-refractivity contribution is 0.451. The van der Waals surface area contributed by atoms with Gasteiger partial charge in [-0.25, -0.2) is 14.2 Å². The minimum atomic E-state index is -0.918. The van der Waals surface area contributed by atoms with E-state index < -0.39 is 17.7 Å². The summed E-state index contributed by atoms with van der Waals surface area (Å²) >= 11 is 3.37. The molecule has 2 aromatic rings. The first kappa shape index (κ1) is 15.1. The highest BCUT2D eigenvalue weighted by Gasteiger charge is 2.25. The molecule has 1 aromatic carbocycles. The Kier molecular flexibility index (Phi) is 4.52. The summed E-state index contributed by atoms with van der Waals surface area (Å²) in [6.07, 6.45) is 1.61. The van der Waals surface area contributed by atoms with Gasteiger partial charge in [0, 0.05) is 11.6 Å². The van der Waals surface area contributed by atoms with Crippen LogP contribution in [0, 0.1) is 11.6 Å². The molecule has 7 heteroatoms. The quantitative estimate of drug-likeness (QED) is 0.662. The third-order valence-corrected chi connectivity index (χ3v) is 3.62. The Morgan fingerprint density at radius 1 is 1.35 bits per heavy atom. The zero-order chi connectivity index (χ0) is 14.9. The molecule has 0 saturated carbocycles. The number of halogens is 3. The zero-order valence-electron chi connectivity index (χ0n) is 11.1. The van der Waals surface area contributed by atoms with Crippen LogP contribution in [0.4, 0.5) is 8.78 Å². The van der Waals surface area contributed by atoms with Crippen LogP contribution in [0.3, 0.4) is 0 Å². The first-order chi connectivity index (χ1) is 9.47. The molecule has 0 spiro atoms. The van der Waals surface area contributed by atoms with E-state index in [1.807, 2.05) is 13.8 Å². The van der Waals surface area contributed by atoms with Gasteiger partial charge in [0.25, 0.3) is 0 Å². The Morgan fingerprint density at radius 2 is 2.05 bits per heavy atom. The Labute approximate surface area is 124 Å². The van der Waals surface area contributed by atoms with Crippen molar-refractivity contribution in [3.05, 3.63) is 51.8 Å². The Bertz CT molecular complexity index is 612. The van der Waals surface area contributed by atoms with Crippen LogP contribution in [0.25, 0.3) is 0 Å². The molecule has 1 unspecified atom stereocenters. The monoisotopic (exact) mass is 344 g/mol. The fourth-order valence-corrected chi connectivity index (χ4v) is 2.59. The molecule has 0 amide bonds. The lowest BCUT2D eigenvalue weighted by Gasteiger charge is -2.21. The fraction of sp³-hybridized carbons (Fsp3) is 0.308. The molecule has 0 saturated heterocycles. The number of nitrogens with one attached hydrogen (secondary N) is 1. The molecule has 2 rings (SSSR count). The van der Waals surface area contributed by atoms with Gasteiger partial charge in [0.05, 0.1) is 22.4 Å². The number of nitrogens with zero attached hydrogens (tertiary/aromatic N) is 2. The summed E-state index contributed by atoms with van der Waals surface area (Å²) in [5.41, 5.74) is 3.31. The zero-order valence-corrected chi connectivity index (χ0v) is 12.7. The van der Waals surface area contributed by atoms with E-state index in [0.29, 0.717) is 10.2 Å². The predicted octanol–water partition coefficient (Wildman–Crippen LogP) is 3.06. The summed E-state index contributed by atoms with van der Waals surface area (Å²) in [5, 5.41) is 4.22. The SMILES string of the molecule is CC(C)n1ncc(Br)c1C(NN)c1cccc(F)c1F. The average Bonchev–Trinajstić information content (AvgIpc) is 2.78. The van der Waals surface area contributed by atoms with Crippen LogP contribution in [0.15, 0.2) is 28.9 Å². The van der Waals surface area contributed by atoms with Gasteiger partial charge in [0.15, 0.2) is 11.6 Å². The molecule has 0 aliphatic rings. The minimum Gasteiger partial charge on any atom is -0.271 e. The minimum absolute atomic E-state index is 0.0590. The van der Waals surface area contributed by atoms with Crippen LogP contribution in [-0.4, -0.2) is 9.78 Å². The summed E-state index contributed by atoms with van der Waals surface area (Å²) in [6, 6.07) is 3.37. The van der Waals surface area contributed by atoms with Gasteiger partial charge in [-0.05, 0) is 35.8 Å². The third kappa shape index (κ3) is 2.61.